The molecule has 124 valence electrons. The summed E-state index contributed by atoms with van der Waals surface area (Å²) in [6.07, 6.45) is 2.29. The maximum Gasteiger partial charge on any atom is 0.335 e. The van der Waals surface area contributed by atoms with Gasteiger partial charge in [-0.3, -0.25) is 4.90 Å². The number of para-hydroxylation sites is 1. The highest BCUT2D eigenvalue weighted by molar-refractivity contribution is 5.87. The Morgan fingerprint density at radius 2 is 1.88 bits per heavy atom. The second-order valence-corrected chi connectivity index (χ2v) is 6.77. The van der Waals surface area contributed by atoms with Crippen LogP contribution in [0.4, 0.5) is 5.69 Å². The Morgan fingerprint density at radius 1 is 1.08 bits per heavy atom. The van der Waals surface area contributed by atoms with Gasteiger partial charge in [-0.25, -0.2) is 4.79 Å². The Kier molecular flexibility index (Phi) is 3.98. The average Bonchev–Trinajstić information content (AvgIpc) is 2.80. The molecule has 4 heteroatoms. The molecule has 4 nitrogen and oxygen atoms in total. The lowest BCUT2D eigenvalue weighted by Gasteiger charge is -2.27. The normalized spacial score (nSPS) is 20.3. The van der Waals surface area contributed by atoms with Gasteiger partial charge in [0.05, 0.1) is 5.56 Å². The van der Waals surface area contributed by atoms with Gasteiger partial charge in [-0.1, -0.05) is 30.3 Å². The zero-order valence-corrected chi connectivity index (χ0v) is 13.7. The van der Waals surface area contributed by atoms with Gasteiger partial charge in [0.2, 0.25) is 0 Å². The van der Waals surface area contributed by atoms with Crippen molar-refractivity contribution in [2.45, 2.75) is 25.4 Å². The van der Waals surface area contributed by atoms with E-state index >= 15 is 0 Å². The van der Waals surface area contributed by atoms with Crippen LogP contribution in [0.5, 0.6) is 0 Å². The van der Waals surface area contributed by atoms with Crippen LogP contribution < -0.4 is 4.90 Å². The number of nitrogens with zero attached hydrogens (tertiary/aromatic N) is 2. The summed E-state index contributed by atoms with van der Waals surface area (Å²) in [6, 6.07) is 16.6. The molecule has 1 unspecified atom stereocenters. The lowest BCUT2D eigenvalue weighted by molar-refractivity contribution is 0.0697. The molecule has 0 aliphatic carbocycles. The second-order valence-electron chi connectivity index (χ2n) is 6.77. The number of carbonyl (C=O) groups is 1. The van der Waals surface area contributed by atoms with E-state index in [1.807, 2.05) is 12.1 Å². The van der Waals surface area contributed by atoms with E-state index in [0.29, 0.717) is 11.6 Å². The summed E-state index contributed by atoms with van der Waals surface area (Å²) in [5.74, 6) is -0.865. The third-order valence-electron chi connectivity index (χ3n) is 5.15. The van der Waals surface area contributed by atoms with Crippen molar-refractivity contribution < 1.29 is 9.90 Å². The monoisotopic (exact) mass is 322 g/mol. The molecule has 1 saturated heterocycles. The van der Waals surface area contributed by atoms with Crippen molar-refractivity contribution in [2.75, 3.05) is 24.5 Å². The van der Waals surface area contributed by atoms with E-state index in [0.717, 1.165) is 39.0 Å². The Bertz CT molecular complexity index is 742. The minimum absolute atomic E-state index is 0.354. The summed E-state index contributed by atoms with van der Waals surface area (Å²) in [5, 5.41) is 9.01. The van der Waals surface area contributed by atoms with Crippen molar-refractivity contribution in [3.05, 3.63) is 65.2 Å². The number of carboxylic acid groups (broad SMARTS) is 1. The van der Waals surface area contributed by atoms with E-state index in [2.05, 4.69) is 34.1 Å². The molecule has 0 aromatic heterocycles. The molecule has 2 heterocycles. The smallest absolute Gasteiger partial charge is 0.335 e. The molecule has 0 saturated carbocycles. The Balaban J connectivity index is 1.46. The molecule has 2 aliphatic rings. The summed E-state index contributed by atoms with van der Waals surface area (Å²) in [6.45, 7) is 4.17. The summed E-state index contributed by atoms with van der Waals surface area (Å²) >= 11 is 0. The fourth-order valence-corrected chi connectivity index (χ4v) is 4.00. The first-order valence-corrected chi connectivity index (χ1v) is 8.60. The lowest BCUT2D eigenvalue weighted by atomic mass is 10.1. The van der Waals surface area contributed by atoms with Crippen molar-refractivity contribution in [1.29, 1.82) is 0 Å². The Hall–Kier alpha value is -2.33. The highest BCUT2D eigenvalue weighted by Gasteiger charge is 2.31. The minimum Gasteiger partial charge on any atom is -0.478 e. The number of benzene rings is 2. The summed E-state index contributed by atoms with van der Waals surface area (Å²) in [4.78, 5) is 16.0. The fraction of sp³-hybridized carbons (Fsp3) is 0.350. The van der Waals surface area contributed by atoms with Crippen LogP contribution in [0, 0.1) is 0 Å². The molecule has 2 aromatic rings. The summed E-state index contributed by atoms with van der Waals surface area (Å²) in [5.41, 5.74) is 4.42. The van der Waals surface area contributed by atoms with Gasteiger partial charge < -0.3 is 10.0 Å². The molecule has 4 rings (SSSR count). The van der Waals surface area contributed by atoms with Crippen molar-refractivity contribution in [1.82, 2.24) is 4.90 Å². The van der Waals surface area contributed by atoms with E-state index in [4.69, 9.17) is 5.11 Å². The number of aromatic carboxylic acids is 1. The van der Waals surface area contributed by atoms with Crippen LogP contribution in [0.1, 0.15) is 27.9 Å². The first-order valence-electron chi connectivity index (χ1n) is 8.60. The van der Waals surface area contributed by atoms with Crippen molar-refractivity contribution in [3.63, 3.8) is 0 Å². The number of fused-ring (bicyclic) bond motifs is 3. The lowest BCUT2D eigenvalue weighted by Crippen LogP contribution is -2.38. The van der Waals surface area contributed by atoms with Crippen LogP contribution in [-0.4, -0.2) is 41.7 Å². The molecular weight excluding hydrogens is 300 g/mol. The molecule has 0 amide bonds. The predicted molar refractivity (Wildman–Crippen MR) is 94.6 cm³/mol. The van der Waals surface area contributed by atoms with Crippen LogP contribution in [-0.2, 0) is 13.0 Å². The third-order valence-corrected chi connectivity index (χ3v) is 5.15. The highest BCUT2D eigenvalue weighted by Crippen LogP contribution is 2.33. The predicted octanol–water partition coefficient (Wildman–Crippen LogP) is 3.02. The van der Waals surface area contributed by atoms with Gasteiger partial charge in [-0.15, -0.1) is 0 Å². The molecule has 0 radical (unpaired) electrons. The quantitative estimate of drug-likeness (QED) is 0.943. The molecule has 24 heavy (non-hydrogen) atoms. The van der Waals surface area contributed by atoms with Crippen molar-refractivity contribution >= 4 is 11.7 Å². The van der Waals surface area contributed by atoms with Gasteiger partial charge >= 0.3 is 5.97 Å². The standard InChI is InChI=1S/C20H22N2O2/c23-20(24)16-8-6-15(7-9-16)13-21-10-3-11-22-18(14-21)12-17-4-1-2-5-19(17)22/h1-2,4-9,18H,3,10-14H2,(H,23,24). The van der Waals surface area contributed by atoms with Crippen LogP contribution in [0.25, 0.3) is 0 Å². The van der Waals surface area contributed by atoms with E-state index in [1.54, 1.807) is 12.1 Å². The van der Waals surface area contributed by atoms with Gasteiger partial charge in [0.1, 0.15) is 0 Å². The zero-order valence-electron chi connectivity index (χ0n) is 13.7. The van der Waals surface area contributed by atoms with E-state index < -0.39 is 5.97 Å². The summed E-state index contributed by atoms with van der Waals surface area (Å²) in [7, 11) is 0. The number of hydrogen-bond donors (Lipinski definition) is 1. The Morgan fingerprint density at radius 3 is 2.67 bits per heavy atom. The zero-order chi connectivity index (χ0) is 16.5. The molecule has 1 N–H and O–H groups in total. The van der Waals surface area contributed by atoms with E-state index in [-0.39, 0.29) is 0 Å². The van der Waals surface area contributed by atoms with Gasteiger partial charge in [0, 0.05) is 37.9 Å². The van der Waals surface area contributed by atoms with Crippen LogP contribution in [0.2, 0.25) is 0 Å². The molecule has 1 fully saturated rings. The summed E-state index contributed by atoms with van der Waals surface area (Å²) < 4.78 is 0. The van der Waals surface area contributed by atoms with Gasteiger partial charge in [0.15, 0.2) is 0 Å². The number of rotatable bonds is 3. The van der Waals surface area contributed by atoms with Gasteiger partial charge in [-0.2, -0.15) is 0 Å². The highest BCUT2D eigenvalue weighted by atomic mass is 16.4. The molecule has 0 spiro atoms. The van der Waals surface area contributed by atoms with Crippen molar-refractivity contribution in [3.8, 4) is 0 Å². The second kappa shape index (κ2) is 6.29. The topological polar surface area (TPSA) is 43.8 Å². The first-order chi connectivity index (χ1) is 11.7. The number of carboxylic acids is 1. The van der Waals surface area contributed by atoms with Gasteiger partial charge in [-0.05, 0) is 42.2 Å². The number of anilines is 1. The van der Waals surface area contributed by atoms with E-state index in [1.165, 1.54) is 16.8 Å². The Labute approximate surface area is 142 Å². The van der Waals surface area contributed by atoms with Crippen LogP contribution in [0.15, 0.2) is 48.5 Å². The maximum atomic E-state index is 11.0. The number of hydrogen-bond acceptors (Lipinski definition) is 3. The van der Waals surface area contributed by atoms with Crippen molar-refractivity contribution in [2.24, 2.45) is 0 Å². The SMILES string of the molecule is O=C(O)c1ccc(CN2CCCN3c4ccccc4CC3C2)cc1. The van der Waals surface area contributed by atoms with Crippen LogP contribution in [0.3, 0.4) is 0 Å². The van der Waals surface area contributed by atoms with Crippen LogP contribution >= 0.6 is 0 Å². The molecule has 2 aromatic carbocycles. The van der Waals surface area contributed by atoms with E-state index in [9.17, 15) is 4.79 Å². The molecule has 1 atom stereocenters. The fourth-order valence-electron chi connectivity index (χ4n) is 4.00. The molecule has 2 aliphatic heterocycles. The third kappa shape index (κ3) is 2.89. The maximum absolute atomic E-state index is 11.0. The molecule has 0 bridgehead atoms. The van der Waals surface area contributed by atoms with Gasteiger partial charge in [0.25, 0.3) is 0 Å². The average molecular weight is 322 g/mol. The molecular formula is C20H22N2O2. The first kappa shape index (κ1) is 15.2. The largest absolute Gasteiger partial charge is 0.478 e. The minimum atomic E-state index is -0.865.